The summed E-state index contributed by atoms with van der Waals surface area (Å²) in [5.74, 6) is 0.905. The minimum Gasteiger partial charge on any atom is -0.468 e. The number of hydrogen-bond acceptors (Lipinski definition) is 6. The van der Waals surface area contributed by atoms with Crippen molar-refractivity contribution in [1.29, 1.82) is 0 Å². The second-order valence-corrected chi connectivity index (χ2v) is 5.52. The molecule has 0 aromatic carbocycles. The molecule has 3 rings (SSSR count). The lowest BCUT2D eigenvalue weighted by Crippen LogP contribution is -2.46. The van der Waals surface area contributed by atoms with Crippen LogP contribution >= 0.6 is 11.3 Å². The summed E-state index contributed by atoms with van der Waals surface area (Å²) in [4.78, 5) is 9.15. The Morgan fingerprint density at radius 2 is 2.16 bits per heavy atom. The van der Waals surface area contributed by atoms with Crippen LogP contribution in [0.1, 0.15) is 11.3 Å². The molecule has 0 spiro atoms. The van der Waals surface area contributed by atoms with Gasteiger partial charge in [-0.15, -0.1) is 11.3 Å². The van der Waals surface area contributed by atoms with E-state index in [0.717, 1.165) is 43.6 Å². The molecule has 0 saturated carbocycles. The summed E-state index contributed by atoms with van der Waals surface area (Å²) in [6.07, 6.45) is 3.59. The molecule has 0 atom stereocenters. The highest BCUT2D eigenvalue weighted by atomic mass is 32.1. The van der Waals surface area contributed by atoms with Crippen molar-refractivity contribution < 1.29 is 4.42 Å². The Labute approximate surface area is 116 Å². The molecule has 19 heavy (non-hydrogen) atoms. The van der Waals surface area contributed by atoms with Gasteiger partial charge in [0, 0.05) is 49.9 Å². The SMILES string of the molecule is NCc1occc1CN1CCN(c2nccs2)CC1. The van der Waals surface area contributed by atoms with E-state index in [4.69, 9.17) is 10.2 Å². The van der Waals surface area contributed by atoms with E-state index < -0.39 is 0 Å². The van der Waals surface area contributed by atoms with Gasteiger partial charge in [0.1, 0.15) is 5.76 Å². The Bertz CT molecular complexity index is 502. The third-order valence-corrected chi connectivity index (χ3v) is 4.31. The maximum atomic E-state index is 5.66. The van der Waals surface area contributed by atoms with E-state index in [-0.39, 0.29) is 0 Å². The predicted octanol–water partition coefficient (Wildman–Crippen LogP) is 1.52. The van der Waals surface area contributed by atoms with Crippen LogP contribution in [0.4, 0.5) is 5.13 Å². The van der Waals surface area contributed by atoms with Crippen molar-refractivity contribution in [3.63, 3.8) is 0 Å². The number of nitrogens with two attached hydrogens (primary N) is 1. The van der Waals surface area contributed by atoms with Crippen LogP contribution in [0, 0.1) is 0 Å². The van der Waals surface area contributed by atoms with Crippen molar-refractivity contribution in [2.24, 2.45) is 5.73 Å². The number of rotatable bonds is 4. The van der Waals surface area contributed by atoms with Crippen LogP contribution in [0.25, 0.3) is 0 Å². The Morgan fingerprint density at radius 1 is 1.32 bits per heavy atom. The number of piperazine rings is 1. The maximum absolute atomic E-state index is 5.66. The van der Waals surface area contributed by atoms with Crippen LogP contribution in [0.3, 0.4) is 0 Å². The minimum absolute atomic E-state index is 0.474. The summed E-state index contributed by atoms with van der Waals surface area (Å²) >= 11 is 1.71. The van der Waals surface area contributed by atoms with Gasteiger partial charge in [-0.3, -0.25) is 4.90 Å². The van der Waals surface area contributed by atoms with Crippen LogP contribution in [0.15, 0.2) is 28.3 Å². The number of anilines is 1. The number of aromatic nitrogens is 1. The molecule has 0 amide bonds. The van der Waals surface area contributed by atoms with E-state index in [2.05, 4.69) is 14.8 Å². The molecule has 1 fully saturated rings. The molecule has 3 heterocycles. The zero-order valence-electron chi connectivity index (χ0n) is 10.8. The molecular weight excluding hydrogens is 260 g/mol. The first kappa shape index (κ1) is 12.7. The summed E-state index contributed by atoms with van der Waals surface area (Å²) in [5, 5.41) is 3.16. The van der Waals surface area contributed by atoms with Gasteiger partial charge in [-0.25, -0.2) is 4.98 Å². The summed E-state index contributed by atoms with van der Waals surface area (Å²) in [7, 11) is 0. The first-order valence-electron chi connectivity index (χ1n) is 6.49. The molecule has 2 aromatic rings. The summed E-state index contributed by atoms with van der Waals surface area (Å²) in [5.41, 5.74) is 6.87. The lowest BCUT2D eigenvalue weighted by atomic mass is 10.2. The molecule has 0 aliphatic carbocycles. The van der Waals surface area contributed by atoms with Crippen LogP contribution in [0.5, 0.6) is 0 Å². The average Bonchev–Trinajstić information content (AvgIpc) is 3.10. The van der Waals surface area contributed by atoms with Gasteiger partial charge >= 0.3 is 0 Å². The standard InChI is InChI=1S/C13H18N4OS/c14-9-12-11(1-7-18-12)10-16-3-5-17(6-4-16)13-15-2-8-19-13/h1-2,7-8H,3-6,9-10,14H2. The second-order valence-electron chi connectivity index (χ2n) is 4.65. The fourth-order valence-corrected chi connectivity index (χ4v) is 3.09. The zero-order valence-corrected chi connectivity index (χ0v) is 11.6. The second kappa shape index (κ2) is 5.73. The molecule has 2 N–H and O–H groups in total. The molecule has 6 heteroatoms. The van der Waals surface area contributed by atoms with E-state index in [1.165, 1.54) is 5.56 Å². The normalized spacial score (nSPS) is 17.0. The molecule has 0 bridgehead atoms. The van der Waals surface area contributed by atoms with Crippen molar-refractivity contribution in [2.75, 3.05) is 31.1 Å². The number of thiazole rings is 1. The summed E-state index contributed by atoms with van der Waals surface area (Å²) in [6.45, 7) is 5.56. The van der Waals surface area contributed by atoms with Crippen LogP contribution in [0.2, 0.25) is 0 Å². The Balaban J connectivity index is 1.56. The van der Waals surface area contributed by atoms with Crippen LogP contribution in [-0.2, 0) is 13.1 Å². The average molecular weight is 278 g/mol. The quantitative estimate of drug-likeness (QED) is 0.919. The van der Waals surface area contributed by atoms with Gasteiger partial charge in [0.2, 0.25) is 0 Å². The molecule has 1 aliphatic rings. The van der Waals surface area contributed by atoms with Crippen molar-refractivity contribution in [3.05, 3.63) is 35.2 Å². The highest BCUT2D eigenvalue weighted by Gasteiger charge is 2.19. The lowest BCUT2D eigenvalue weighted by molar-refractivity contribution is 0.248. The molecule has 1 aliphatic heterocycles. The first-order chi connectivity index (χ1) is 9.36. The van der Waals surface area contributed by atoms with Crippen molar-refractivity contribution in [3.8, 4) is 0 Å². The summed E-state index contributed by atoms with van der Waals surface area (Å²) in [6, 6.07) is 2.02. The Kier molecular flexibility index (Phi) is 3.82. The van der Waals surface area contributed by atoms with Gasteiger partial charge in [0.25, 0.3) is 0 Å². The monoisotopic (exact) mass is 278 g/mol. The van der Waals surface area contributed by atoms with Crippen molar-refractivity contribution in [2.45, 2.75) is 13.1 Å². The van der Waals surface area contributed by atoms with Crippen molar-refractivity contribution >= 4 is 16.5 Å². The van der Waals surface area contributed by atoms with E-state index in [0.29, 0.717) is 6.54 Å². The van der Waals surface area contributed by atoms with Crippen molar-refractivity contribution in [1.82, 2.24) is 9.88 Å². The van der Waals surface area contributed by atoms with Gasteiger partial charge < -0.3 is 15.1 Å². The van der Waals surface area contributed by atoms with E-state index in [1.54, 1.807) is 17.6 Å². The zero-order chi connectivity index (χ0) is 13.1. The highest BCUT2D eigenvalue weighted by Crippen LogP contribution is 2.20. The first-order valence-corrected chi connectivity index (χ1v) is 7.37. The Morgan fingerprint density at radius 3 is 2.84 bits per heavy atom. The third kappa shape index (κ3) is 2.80. The molecular formula is C13H18N4OS. The third-order valence-electron chi connectivity index (χ3n) is 3.48. The van der Waals surface area contributed by atoms with Gasteiger partial charge in [-0.2, -0.15) is 0 Å². The van der Waals surface area contributed by atoms with E-state index >= 15 is 0 Å². The topological polar surface area (TPSA) is 58.5 Å². The van der Waals surface area contributed by atoms with Gasteiger partial charge in [0.05, 0.1) is 12.8 Å². The van der Waals surface area contributed by atoms with Crippen LogP contribution in [-0.4, -0.2) is 36.1 Å². The predicted molar refractivity (Wildman–Crippen MR) is 76.2 cm³/mol. The number of nitrogens with zero attached hydrogens (tertiary/aromatic N) is 3. The van der Waals surface area contributed by atoms with Gasteiger partial charge in [0.15, 0.2) is 5.13 Å². The number of furan rings is 1. The highest BCUT2D eigenvalue weighted by molar-refractivity contribution is 7.13. The maximum Gasteiger partial charge on any atom is 0.185 e. The van der Waals surface area contributed by atoms with Gasteiger partial charge in [-0.05, 0) is 6.07 Å². The molecule has 0 unspecified atom stereocenters. The van der Waals surface area contributed by atoms with Gasteiger partial charge in [-0.1, -0.05) is 0 Å². The summed E-state index contributed by atoms with van der Waals surface area (Å²) < 4.78 is 5.36. The molecule has 5 nitrogen and oxygen atoms in total. The lowest BCUT2D eigenvalue weighted by Gasteiger charge is -2.34. The number of hydrogen-bond donors (Lipinski definition) is 1. The molecule has 2 aromatic heterocycles. The largest absolute Gasteiger partial charge is 0.468 e. The van der Waals surface area contributed by atoms with E-state index in [1.807, 2.05) is 17.6 Å². The molecule has 0 radical (unpaired) electrons. The fourth-order valence-electron chi connectivity index (χ4n) is 2.40. The van der Waals surface area contributed by atoms with Crippen LogP contribution < -0.4 is 10.6 Å². The minimum atomic E-state index is 0.474. The molecule has 1 saturated heterocycles. The van der Waals surface area contributed by atoms with E-state index in [9.17, 15) is 0 Å². The Hall–Kier alpha value is -1.37. The fraction of sp³-hybridized carbons (Fsp3) is 0.462. The smallest absolute Gasteiger partial charge is 0.185 e. The molecule has 102 valence electrons.